The molecule has 15 rings (SSSR count). The maximum absolute atomic E-state index is 13.7. The van der Waals surface area contributed by atoms with Gasteiger partial charge in [0.2, 0.25) is 15.0 Å². The lowest BCUT2D eigenvalue weighted by atomic mass is 9.78. The number of carbonyl (C=O) groups excluding carboxylic acids is 1. The molecule has 132 heavy (non-hydrogen) atoms. The SMILES string of the molecule is O=C1[C@H](CC[C@H](O)c2ccc(F)cc2)[C@@H](c2ccc(OS(=O)(=O)CC3OC(CO)C(OC4OC(CO)C(O)C(O)C4O)C(O)C3O)cc2)N1c1ccc(F)cc1.O=S(=O)(Cl)CC1OC(COCc2ccccc2)C(OC2OC(COCc3ccccc3)C(OCc3ccccc3)C(OCc3ccccc3)C2OCc2ccccc2)C(OCc2ccccc2)C1OCc1ccccc1. The van der Waals surface area contributed by atoms with Crippen LogP contribution in [0, 0.1) is 17.6 Å². The first-order valence-corrected chi connectivity index (χ1v) is 47.5. The largest absolute Gasteiger partial charge is 0.394 e. The highest BCUT2D eigenvalue weighted by Crippen LogP contribution is 2.47. The smallest absolute Gasteiger partial charge is 0.311 e. The van der Waals surface area contributed by atoms with Crippen LogP contribution in [0.3, 0.4) is 0 Å². The number of nitrogens with zero attached hydrogens (tertiary/aromatic N) is 1. The van der Waals surface area contributed by atoms with Crippen molar-refractivity contribution >= 4 is 41.4 Å². The lowest BCUT2D eigenvalue weighted by Crippen LogP contribution is -2.66. The molecule has 0 radical (unpaired) electrons. The van der Waals surface area contributed by atoms with Crippen molar-refractivity contribution in [3.63, 3.8) is 0 Å². The zero-order chi connectivity index (χ0) is 92.7. The molecular formula is C99H108ClF2NO27S2. The van der Waals surface area contributed by atoms with E-state index in [2.05, 4.69) is 0 Å². The van der Waals surface area contributed by atoms with Gasteiger partial charge in [-0.15, -0.1) is 0 Å². The van der Waals surface area contributed by atoms with Gasteiger partial charge >= 0.3 is 10.1 Å². The van der Waals surface area contributed by atoms with E-state index < -0.39 is 196 Å². The molecule has 0 spiro atoms. The number of hydrogen-bond donors (Lipinski definition) is 8. The van der Waals surface area contributed by atoms with Crippen molar-refractivity contribution in [3.05, 3.63) is 347 Å². The van der Waals surface area contributed by atoms with Crippen LogP contribution in [0.1, 0.15) is 75.1 Å². The average molecular weight is 1880 g/mol. The lowest BCUT2D eigenvalue weighted by molar-refractivity contribution is -0.362. The van der Waals surface area contributed by atoms with E-state index in [1.165, 1.54) is 77.7 Å². The van der Waals surface area contributed by atoms with Gasteiger partial charge in [0.15, 0.2) is 12.6 Å². The van der Waals surface area contributed by atoms with Crippen LogP contribution in [0.25, 0.3) is 0 Å². The third kappa shape index (κ3) is 26.9. The van der Waals surface area contributed by atoms with Crippen molar-refractivity contribution in [2.75, 3.05) is 42.8 Å². The van der Waals surface area contributed by atoms with Crippen molar-refractivity contribution in [1.82, 2.24) is 0 Å². The van der Waals surface area contributed by atoms with Crippen LogP contribution in [0.4, 0.5) is 14.5 Å². The van der Waals surface area contributed by atoms with E-state index in [4.69, 9.17) is 76.4 Å². The Morgan fingerprint density at radius 3 is 1.22 bits per heavy atom. The van der Waals surface area contributed by atoms with Crippen molar-refractivity contribution in [2.24, 2.45) is 5.92 Å². The summed E-state index contributed by atoms with van der Waals surface area (Å²) in [6.45, 7) is -0.238. The number of rotatable bonds is 41. The van der Waals surface area contributed by atoms with E-state index in [9.17, 15) is 71.3 Å². The predicted molar refractivity (Wildman–Crippen MR) is 477 cm³/mol. The number of aliphatic hydroxyl groups is 8. The van der Waals surface area contributed by atoms with Crippen LogP contribution in [0.15, 0.2) is 285 Å². The topological polar surface area (TPSA) is 380 Å². The maximum atomic E-state index is 13.7. The summed E-state index contributed by atoms with van der Waals surface area (Å²) in [7, 11) is -2.62. The van der Waals surface area contributed by atoms with Crippen LogP contribution in [0.5, 0.6) is 5.75 Å². The van der Waals surface area contributed by atoms with E-state index >= 15 is 0 Å². The number of amides is 1. The third-order valence-corrected chi connectivity index (χ3v) is 25.7. The first-order chi connectivity index (χ1) is 63.9. The second-order valence-electron chi connectivity index (χ2n) is 32.8. The Hall–Kier alpha value is -9.32. The van der Waals surface area contributed by atoms with Gasteiger partial charge in [-0.1, -0.05) is 237 Å². The number of halogens is 3. The Labute approximate surface area is 769 Å². The van der Waals surface area contributed by atoms with Crippen molar-refractivity contribution in [3.8, 4) is 5.75 Å². The molecule has 704 valence electrons. The molecule has 5 saturated heterocycles. The summed E-state index contributed by atoms with van der Waals surface area (Å²) >= 11 is 0. The third-order valence-electron chi connectivity index (χ3n) is 23.4. The fourth-order valence-corrected chi connectivity index (χ4v) is 18.8. The zero-order valence-corrected chi connectivity index (χ0v) is 74.1. The number of carbonyl (C=O) groups is 1. The summed E-state index contributed by atoms with van der Waals surface area (Å²) in [6.07, 6.45) is -27.5. The first-order valence-electron chi connectivity index (χ1n) is 43.5. The Balaban J connectivity index is 0.000000223. The molecule has 10 aromatic rings. The quantitative estimate of drug-likeness (QED) is 0.0100. The number of hydrogen-bond acceptors (Lipinski definition) is 27. The van der Waals surface area contributed by atoms with E-state index in [1.807, 2.05) is 212 Å². The standard InChI is InChI=1S/C62H65ClO12S.C37H43F2NO15S/c63-76(64,65)45-55-57(69-39-49-28-14-4-15-29-49)59(70-40-50-30-16-5-17-31-50)58(54(73-55)44-67-37-47-24-10-2-11-25-47)75-62-61(72-42-52-34-20-7-21-35-52)60(71-41-51-32-18-6-19-33-51)56(68-38-48-26-12-3-13-27-48)53(74-62)43-66-36-46-22-8-1-9-23-46;38-20-5-1-18(2-6-20)25(43)14-13-24-29(40(36(24)49)22-9-7-21(39)8-10-22)19-3-11-23(12-4-19)55-56(50,51)17-28-31(45)33(47)35(27(16-42)52-28)54-37-34(48)32(46)30(44)26(15-41)53-37/h1-35,53-62H,36-45H2;1-12,24-35,37,41-48H,13-17H2/t;24-,25+,26?,27?,28?,29-,30?,31?,32?,33?,34?,35?,37?/m.1/s1. The number of ether oxygens (including phenoxy) is 13. The summed E-state index contributed by atoms with van der Waals surface area (Å²) in [5.74, 6) is -3.64. The molecule has 33 heteroatoms. The molecule has 28 nitrogen and oxygen atoms in total. The van der Waals surface area contributed by atoms with E-state index in [-0.39, 0.29) is 77.4 Å². The molecule has 20 unspecified atom stereocenters. The Bertz CT molecular complexity index is 5370. The summed E-state index contributed by atoms with van der Waals surface area (Å²) in [5, 5.41) is 82.3. The van der Waals surface area contributed by atoms with Crippen molar-refractivity contribution in [2.45, 2.75) is 194 Å². The molecule has 0 bridgehead atoms. The van der Waals surface area contributed by atoms with Gasteiger partial charge in [-0.2, -0.15) is 8.42 Å². The Kier molecular flexibility index (Phi) is 35.7. The minimum absolute atomic E-state index is 0.0440. The van der Waals surface area contributed by atoms with Gasteiger partial charge in [-0.25, -0.2) is 17.2 Å². The molecule has 5 fully saturated rings. The second-order valence-corrected chi connectivity index (χ2v) is 37.2. The highest BCUT2D eigenvalue weighted by atomic mass is 35.7. The van der Waals surface area contributed by atoms with Gasteiger partial charge in [0.25, 0.3) is 0 Å². The van der Waals surface area contributed by atoms with Crippen LogP contribution in [-0.4, -0.2) is 224 Å². The summed E-state index contributed by atoms with van der Waals surface area (Å²) in [6, 6.07) is 84.4. The van der Waals surface area contributed by atoms with Crippen molar-refractivity contribution < 1.29 is 137 Å². The van der Waals surface area contributed by atoms with Crippen LogP contribution in [0.2, 0.25) is 0 Å². The van der Waals surface area contributed by atoms with Gasteiger partial charge in [0.1, 0.15) is 133 Å². The molecular weight excluding hydrogens is 1770 g/mol. The van der Waals surface area contributed by atoms with E-state index in [1.54, 1.807) is 0 Å². The Morgan fingerprint density at radius 1 is 0.379 bits per heavy atom. The van der Waals surface area contributed by atoms with Gasteiger partial charge in [-0.05, 0) is 111 Å². The molecule has 5 aliphatic rings. The zero-order valence-electron chi connectivity index (χ0n) is 71.8. The summed E-state index contributed by atoms with van der Waals surface area (Å²) in [4.78, 5) is 14.9. The molecule has 1 amide bonds. The minimum atomic E-state index is -4.57. The van der Waals surface area contributed by atoms with Gasteiger partial charge in [-0.3, -0.25) is 4.79 Å². The first kappa shape index (κ1) is 98.7. The van der Waals surface area contributed by atoms with Crippen LogP contribution < -0.4 is 9.08 Å². The molecule has 23 atom stereocenters. The summed E-state index contributed by atoms with van der Waals surface area (Å²) in [5.41, 5.74) is 7.90. The molecule has 0 aromatic heterocycles. The number of anilines is 1. The van der Waals surface area contributed by atoms with Crippen LogP contribution >= 0.6 is 10.7 Å². The number of β-lactam (4-membered cyclic amide) rings is 1. The van der Waals surface area contributed by atoms with Gasteiger partial charge in [0.05, 0.1) is 96.5 Å². The van der Waals surface area contributed by atoms with Gasteiger partial charge < -0.3 is 112 Å². The highest BCUT2D eigenvalue weighted by Gasteiger charge is 2.57. The van der Waals surface area contributed by atoms with Gasteiger partial charge in [0, 0.05) is 16.4 Å². The maximum Gasteiger partial charge on any atom is 0.311 e. The number of aliphatic hydroxyl groups excluding tert-OH is 8. The molecule has 0 saturated carbocycles. The minimum Gasteiger partial charge on any atom is -0.394 e. The average Bonchev–Trinajstić information content (AvgIpc) is 0.735. The molecule has 5 aliphatic heterocycles. The second kappa shape index (κ2) is 47.7. The number of benzene rings is 10. The Morgan fingerprint density at radius 2 is 0.765 bits per heavy atom. The molecule has 10 aromatic carbocycles. The fraction of sp³-hybridized carbons (Fsp3) is 0.384. The normalized spacial score (nSPS) is 27.6. The van der Waals surface area contributed by atoms with E-state index in [0.29, 0.717) is 23.4 Å². The monoisotopic (exact) mass is 1880 g/mol. The molecule has 5 heterocycles. The highest BCUT2D eigenvalue weighted by molar-refractivity contribution is 8.13. The molecule has 8 N–H and O–H groups in total. The lowest BCUT2D eigenvalue weighted by Gasteiger charge is -2.50. The summed E-state index contributed by atoms with van der Waals surface area (Å²) < 4.78 is 171. The van der Waals surface area contributed by atoms with Crippen molar-refractivity contribution in [1.29, 1.82) is 0 Å². The van der Waals surface area contributed by atoms with Crippen LogP contribution in [-0.2, 0) is 132 Å². The molecule has 0 aliphatic carbocycles. The predicted octanol–water partition coefficient (Wildman–Crippen LogP) is 10.4. The van der Waals surface area contributed by atoms with E-state index in [0.717, 1.165) is 38.9 Å². The fourth-order valence-electron chi connectivity index (χ4n) is 16.6.